The molecule has 2 rings (SSSR count). The highest BCUT2D eigenvalue weighted by atomic mass is 79.9. The fraction of sp³-hybridized carbons (Fsp3) is 0.688. The van der Waals surface area contributed by atoms with Crippen LogP contribution < -0.4 is 4.90 Å². The molecule has 0 spiro atoms. The Morgan fingerprint density at radius 3 is 2.61 bits per heavy atom. The maximum atomic E-state index is 13.1. The van der Waals surface area contributed by atoms with Crippen LogP contribution in [-0.4, -0.2) is 42.2 Å². The fourth-order valence-corrected chi connectivity index (χ4v) is 3.34. The van der Waals surface area contributed by atoms with Gasteiger partial charge in [0.2, 0.25) is 0 Å². The smallest absolute Gasteiger partial charge is 0.369 e. The van der Waals surface area contributed by atoms with Gasteiger partial charge in [0.25, 0.3) is 0 Å². The Hall–Kier alpha value is -0.820. The Kier molecular flexibility index (Phi) is 6.31. The van der Waals surface area contributed by atoms with Gasteiger partial charge in [0.05, 0.1) is 17.3 Å². The molecular weight excluding hydrogens is 371 g/mol. The number of halogens is 4. The highest BCUT2D eigenvalue weighted by Crippen LogP contribution is 2.35. The Bertz CT molecular complexity index is 518. The van der Waals surface area contributed by atoms with Crippen molar-refractivity contribution in [2.24, 2.45) is 5.92 Å². The number of hydrogen-bond acceptors (Lipinski definition) is 3. The SMILES string of the molecule is CCN(CC)Cc1nc(Br)ccc1N1CCCC(C(F)(F)F)C1. The van der Waals surface area contributed by atoms with Gasteiger partial charge in [0.15, 0.2) is 0 Å². The average molecular weight is 394 g/mol. The molecule has 1 aromatic heterocycles. The third kappa shape index (κ3) is 4.83. The van der Waals surface area contributed by atoms with E-state index in [-0.39, 0.29) is 13.0 Å². The summed E-state index contributed by atoms with van der Waals surface area (Å²) < 4.78 is 39.9. The normalized spacial score (nSPS) is 19.4. The van der Waals surface area contributed by atoms with Gasteiger partial charge in [-0.15, -0.1) is 0 Å². The third-order valence-corrected chi connectivity index (χ3v) is 4.85. The number of rotatable bonds is 5. The van der Waals surface area contributed by atoms with Gasteiger partial charge in [-0.3, -0.25) is 4.90 Å². The lowest BCUT2D eigenvalue weighted by atomic mass is 9.97. The number of alkyl halides is 3. The second-order valence-electron chi connectivity index (χ2n) is 5.89. The molecule has 130 valence electrons. The predicted octanol–water partition coefficient (Wildman–Crippen LogP) is 4.46. The molecule has 23 heavy (non-hydrogen) atoms. The highest BCUT2D eigenvalue weighted by Gasteiger charge is 2.42. The van der Waals surface area contributed by atoms with E-state index in [4.69, 9.17) is 0 Å². The first kappa shape index (κ1) is 18.5. The molecule has 0 N–H and O–H groups in total. The van der Waals surface area contributed by atoms with E-state index in [1.807, 2.05) is 11.0 Å². The fourth-order valence-electron chi connectivity index (χ4n) is 2.99. The second kappa shape index (κ2) is 7.83. The molecule has 0 saturated carbocycles. The average Bonchev–Trinajstić information content (AvgIpc) is 2.52. The van der Waals surface area contributed by atoms with E-state index in [0.29, 0.717) is 24.1 Å². The molecule has 0 radical (unpaired) electrons. The molecule has 0 aliphatic carbocycles. The molecule has 1 saturated heterocycles. The zero-order chi connectivity index (χ0) is 17.0. The van der Waals surface area contributed by atoms with Crippen LogP contribution in [0.25, 0.3) is 0 Å². The molecule has 1 aliphatic heterocycles. The van der Waals surface area contributed by atoms with Crippen LogP contribution in [-0.2, 0) is 6.54 Å². The minimum Gasteiger partial charge on any atom is -0.369 e. The van der Waals surface area contributed by atoms with Gasteiger partial charge in [-0.1, -0.05) is 13.8 Å². The van der Waals surface area contributed by atoms with E-state index in [1.165, 1.54) is 0 Å². The summed E-state index contributed by atoms with van der Waals surface area (Å²) in [4.78, 5) is 8.58. The minimum absolute atomic E-state index is 0.0259. The van der Waals surface area contributed by atoms with Crippen molar-refractivity contribution < 1.29 is 13.2 Å². The second-order valence-corrected chi connectivity index (χ2v) is 6.70. The summed E-state index contributed by atoms with van der Waals surface area (Å²) in [5.74, 6) is -1.25. The van der Waals surface area contributed by atoms with Crippen molar-refractivity contribution in [3.05, 3.63) is 22.4 Å². The van der Waals surface area contributed by atoms with Crippen molar-refractivity contribution in [3.8, 4) is 0 Å². The lowest BCUT2D eigenvalue weighted by molar-refractivity contribution is -0.176. The standard InChI is InChI=1S/C16H23BrF3N3/c1-3-22(4-2)11-13-14(7-8-15(17)21-13)23-9-5-6-12(10-23)16(18,19)20/h7-8,12H,3-6,9-11H2,1-2H3. The topological polar surface area (TPSA) is 19.4 Å². The molecule has 2 heterocycles. The van der Waals surface area contributed by atoms with E-state index < -0.39 is 12.1 Å². The van der Waals surface area contributed by atoms with Crippen LogP contribution in [0, 0.1) is 5.92 Å². The molecule has 1 atom stereocenters. The van der Waals surface area contributed by atoms with Crippen LogP contribution in [0.15, 0.2) is 16.7 Å². The van der Waals surface area contributed by atoms with E-state index in [2.05, 4.69) is 39.7 Å². The molecule has 1 fully saturated rings. The van der Waals surface area contributed by atoms with E-state index in [1.54, 1.807) is 6.07 Å². The number of hydrogen-bond donors (Lipinski definition) is 0. The first-order chi connectivity index (χ1) is 10.8. The van der Waals surface area contributed by atoms with Crippen molar-refractivity contribution in [1.29, 1.82) is 0 Å². The van der Waals surface area contributed by atoms with Gasteiger partial charge in [0, 0.05) is 19.6 Å². The zero-order valence-electron chi connectivity index (χ0n) is 13.5. The maximum absolute atomic E-state index is 13.1. The van der Waals surface area contributed by atoms with E-state index >= 15 is 0 Å². The predicted molar refractivity (Wildman–Crippen MR) is 89.6 cm³/mol. The summed E-state index contributed by atoms with van der Waals surface area (Å²) in [6.45, 7) is 7.24. The number of pyridine rings is 1. The summed E-state index contributed by atoms with van der Waals surface area (Å²) in [6.07, 6.45) is -3.35. The summed E-state index contributed by atoms with van der Waals surface area (Å²) >= 11 is 3.37. The van der Waals surface area contributed by atoms with E-state index in [9.17, 15) is 13.2 Å². The lowest BCUT2D eigenvalue weighted by Gasteiger charge is -2.36. The van der Waals surface area contributed by atoms with Crippen LogP contribution in [0.4, 0.5) is 18.9 Å². The minimum atomic E-state index is -4.12. The molecule has 1 aromatic rings. The molecule has 0 aromatic carbocycles. The van der Waals surface area contributed by atoms with Gasteiger partial charge >= 0.3 is 6.18 Å². The van der Waals surface area contributed by atoms with E-state index in [0.717, 1.165) is 24.5 Å². The van der Waals surface area contributed by atoms with Crippen LogP contribution in [0.3, 0.4) is 0 Å². The molecule has 3 nitrogen and oxygen atoms in total. The highest BCUT2D eigenvalue weighted by molar-refractivity contribution is 9.10. The third-order valence-electron chi connectivity index (χ3n) is 4.41. The molecule has 1 unspecified atom stereocenters. The molecular formula is C16H23BrF3N3. The monoisotopic (exact) mass is 393 g/mol. The Morgan fingerprint density at radius 1 is 1.30 bits per heavy atom. The largest absolute Gasteiger partial charge is 0.393 e. The van der Waals surface area contributed by atoms with Crippen molar-refractivity contribution in [2.75, 3.05) is 31.1 Å². The Morgan fingerprint density at radius 2 is 2.00 bits per heavy atom. The summed E-state index contributed by atoms with van der Waals surface area (Å²) in [5, 5.41) is 0. The van der Waals surface area contributed by atoms with Crippen LogP contribution >= 0.6 is 15.9 Å². The molecule has 0 amide bonds. The quantitative estimate of drug-likeness (QED) is 0.688. The first-order valence-electron chi connectivity index (χ1n) is 8.04. The number of piperidine rings is 1. The molecule has 1 aliphatic rings. The zero-order valence-corrected chi connectivity index (χ0v) is 15.1. The Labute approximate surface area is 144 Å². The van der Waals surface area contributed by atoms with Gasteiger partial charge in [-0.05, 0) is 54.0 Å². The summed E-state index contributed by atoms with van der Waals surface area (Å²) in [5.41, 5.74) is 1.67. The van der Waals surface area contributed by atoms with Crippen molar-refractivity contribution in [1.82, 2.24) is 9.88 Å². The van der Waals surface area contributed by atoms with Gasteiger partial charge in [-0.25, -0.2) is 4.98 Å². The first-order valence-corrected chi connectivity index (χ1v) is 8.83. The Balaban J connectivity index is 2.24. The number of nitrogens with zero attached hydrogens (tertiary/aromatic N) is 3. The van der Waals surface area contributed by atoms with Gasteiger partial charge in [0.1, 0.15) is 4.60 Å². The summed E-state index contributed by atoms with van der Waals surface area (Å²) in [7, 11) is 0. The van der Waals surface area contributed by atoms with Gasteiger partial charge < -0.3 is 4.90 Å². The van der Waals surface area contributed by atoms with Gasteiger partial charge in [-0.2, -0.15) is 13.2 Å². The summed E-state index contributed by atoms with van der Waals surface area (Å²) in [6, 6.07) is 3.69. The maximum Gasteiger partial charge on any atom is 0.393 e. The number of anilines is 1. The number of aromatic nitrogens is 1. The molecule has 0 bridgehead atoms. The lowest BCUT2D eigenvalue weighted by Crippen LogP contribution is -2.42. The van der Waals surface area contributed by atoms with Crippen LogP contribution in [0.5, 0.6) is 0 Å². The van der Waals surface area contributed by atoms with Crippen LogP contribution in [0.2, 0.25) is 0 Å². The van der Waals surface area contributed by atoms with Crippen molar-refractivity contribution >= 4 is 21.6 Å². The van der Waals surface area contributed by atoms with Crippen molar-refractivity contribution in [3.63, 3.8) is 0 Å². The van der Waals surface area contributed by atoms with Crippen LogP contribution in [0.1, 0.15) is 32.4 Å². The molecule has 7 heteroatoms. The van der Waals surface area contributed by atoms with Crippen molar-refractivity contribution in [2.45, 2.75) is 39.4 Å².